The van der Waals surface area contributed by atoms with Crippen LogP contribution >= 0.6 is 11.8 Å². The molecule has 1 rings (SSSR count). The summed E-state index contributed by atoms with van der Waals surface area (Å²) >= 11 is 5.20. The van der Waals surface area contributed by atoms with Crippen LogP contribution in [0.2, 0.25) is 0 Å². The number of halogens is 1. The molecule has 3 nitrogen and oxygen atoms in total. The maximum absolute atomic E-state index is 8.36. The fourth-order valence-electron chi connectivity index (χ4n) is 0.805. The van der Waals surface area contributed by atoms with Crippen LogP contribution in [0.25, 0.3) is 5.53 Å². The minimum Gasteiger partial charge on any atom is -0.362 e. The number of nitrogens with zero attached hydrogens (tertiary/aromatic N) is 3. The molecule has 0 radical (unpaired) electrons. The second-order valence-corrected chi connectivity index (χ2v) is 2.19. The van der Waals surface area contributed by atoms with Gasteiger partial charge >= 0.3 is 0 Å². The molecule has 0 heterocycles. The second-order valence-electron chi connectivity index (χ2n) is 2.03. The molecule has 1 aliphatic carbocycles. The molecule has 1 aliphatic rings. The molecule has 0 bridgehead atoms. The summed E-state index contributed by atoms with van der Waals surface area (Å²) in [6, 6.07) is 0. The summed E-state index contributed by atoms with van der Waals surface area (Å²) in [6.45, 7) is 0. The standard InChI is InChI=1S/C6H6ClN3/c7-9-5-2-1-3-6(4-5)10-8/h1-2H,3-4H2. The van der Waals surface area contributed by atoms with Gasteiger partial charge in [-0.3, -0.25) is 0 Å². The molecule has 0 aliphatic heterocycles. The Morgan fingerprint density at radius 3 is 3.10 bits per heavy atom. The Balaban J connectivity index is 2.82. The van der Waals surface area contributed by atoms with Crippen molar-refractivity contribution in [3.63, 3.8) is 0 Å². The first-order chi connectivity index (χ1) is 4.86. The van der Waals surface area contributed by atoms with Gasteiger partial charge in [0.05, 0.1) is 18.6 Å². The third-order valence-corrected chi connectivity index (χ3v) is 1.52. The molecular weight excluding hydrogens is 150 g/mol. The molecule has 0 unspecified atom stereocenters. The fourth-order valence-corrected chi connectivity index (χ4v) is 0.922. The van der Waals surface area contributed by atoms with Gasteiger partial charge in [-0.2, -0.15) is 9.30 Å². The highest BCUT2D eigenvalue weighted by atomic mass is 35.5. The van der Waals surface area contributed by atoms with Gasteiger partial charge in [0.1, 0.15) is 0 Å². The van der Waals surface area contributed by atoms with E-state index in [1.165, 1.54) is 0 Å². The molecule has 52 valence electrons. The normalized spacial score (nSPS) is 21.3. The minimum atomic E-state index is 0.552. The van der Waals surface area contributed by atoms with Crippen molar-refractivity contribution in [1.29, 1.82) is 0 Å². The molecule has 0 N–H and O–H groups in total. The highest BCUT2D eigenvalue weighted by Gasteiger charge is 2.13. The van der Waals surface area contributed by atoms with Crippen LogP contribution in [-0.2, 0) is 0 Å². The number of hydrogen-bond donors (Lipinski definition) is 0. The summed E-state index contributed by atoms with van der Waals surface area (Å²) in [7, 11) is 0. The Morgan fingerprint density at radius 2 is 2.50 bits per heavy atom. The van der Waals surface area contributed by atoms with Crippen LogP contribution in [0.15, 0.2) is 16.7 Å². The van der Waals surface area contributed by atoms with Crippen molar-refractivity contribution < 1.29 is 4.79 Å². The summed E-state index contributed by atoms with van der Waals surface area (Å²) in [5.41, 5.74) is 9.79. The molecule has 10 heavy (non-hydrogen) atoms. The highest BCUT2D eigenvalue weighted by Crippen LogP contribution is 2.04. The quantitative estimate of drug-likeness (QED) is 0.377. The van der Waals surface area contributed by atoms with Gasteiger partial charge in [0.15, 0.2) is 0 Å². The van der Waals surface area contributed by atoms with Crippen LogP contribution in [0.3, 0.4) is 0 Å². The van der Waals surface area contributed by atoms with E-state index in [0.717, 1.165) is 5.71 Å². The molecule has 0 aromatic heterocycles. The zero-order valence-corrected chi connectivity index (χ0v) is 6.04. The second kappa shape index (κ2) is 3.30. The lowest BCUT2D eigenvalue weighted by Gasteiger charge is -1.98. The fraction of sp³-hybridized carbons (Fsp3) is 0.333. The molecule has 0 aromatic carbocycles. The predicted octanol–water partition coefficient (Wildman–Crippen LogP) is 1.60. The molecule has 4 heteroatoms. The highest BCUT2D eigenvalue weighted by molar-refractivity contribution is 6.24. The third kappa shape index (κ3) is 1.53. The Kier molecular flexibility index (Phi) is 2.37. The van der Waals surface area contributed by atoms with Gasteiger partial charge < -0.3 is 5.53 Å². The first kappa shape index (κ1) is 7.19. The molecule has 0 saturated heterocycles. The topological polar surface area (TPSA) is 48.8 Å². The summed E-state index contributed by atoms with van der Waals surface area (Å²) < 4.78 is 3.46. The summed E-state index contributed by atoms with van der Waals surface area (Å²) in [5, 5.41) is 0. The van der Waals surface area contributed by atoms with Crippen LogP contribution in [0.5, 0.6) is 0 Å². The van der Waals surface area contributed by atoms with E-state index in [1.807, 2.05) is 12.2 Å². The van der Waals surface area contributed by atoms with Crippen molar-refractivity contribution in [3.05, 3.63) is 17.7 Å². The van der Waals surface area contributed by atoms with E-state index in [9.17, 15) is 0 Å². The van der Waals surface area contributed by atoms with E-state index in [0.29, 0.717) is 18.6 Å². The molecular formula is C6H6ClN3. The lowest BCUT2D eigenvalue weighted by atomic mass is 10.0. The Bertz CT molecular complexity index is 235. The largest absolute Gasteiger partial charge is 0.362 e. The number of allylic oxidation sites excluding steroid dienone is 2. The van der Waals surface area contributed by atoms with Crippen LogP contribution in [0.4, 0.5) is 0 Å². The van der Waals surface area contributed by atoms with E-state index in [1.54, 1.807) is 0 Å². The Labute approximate surface area is 63.8 Å². The van der Waals surface area contributed by atoms with E-state index in [-0.39, 0.29) is 0 Å². The zero-order valence-electron chi connectivity index (χ0n) is 5.29. The van der Waals surface area contributed by atoms with E-state index in [4.69, 9.17) is 17.3 Å². The van der Waals surface area contributed by atoms with Crippen molar-refractivity contribution in [2.75, 3.05) is 0 Å². The Morgan fingerprint density at radius 1 is 1.70 bits per heavy atom. The maximum atomic E-state index is 8.36. The van der Waals surface area contributed by atoms with E-state index >= 15 is 0 Å². The average Bonchev–Trinajstić information content (AvgIpc) is 2.05. The van der Waals surface area contributed by atoms with Crippen LogP contribution in [-0.4, -0.2) is 16.2 Å². The van der Waals surface area contributed by atoms with Gasteiger partial charge in [-0.25, -0.2) is 0 Å². The molecule has 0 amide bonds. The van der Waals surface area contributed by atoms with Crippen LogP contribution in [0, 0.1) is 0 Å². The molecule has 0 saturated carbocycles. The lowest BCUT2D eigenvalue weighted by molar-refractivity contribution is -0.00904. The van der Waals surface area contributed by atoms with Crippen molar-refractivity contribution in [3.8, 4) is 0 Å². The van der Waals surface area contributed by atoms with Gasteiger partial charge in [0.2, 0.25) is 0 Å². The molecule has 0 spiro atoms. The first-order valence-corrected chi connectivity index (χ1v) is 3.25. The van der Waals surface area contributed by atoms with Gasteiger partial charge in [0, 0.05) is 11.8 Å². The number of rotatable bonds is 0. The van der Waals surface area contributed by atoms with Crippen molar-refractivity contribution in [2.24, 2.45) is 4.51 Å². The smallest absolute Gasteiger partial charge is 0.278 e. The molecule has 0 atom stereocenters. The maximum Gasteiger partial charge on any atom is 0.278 e. The SMILES string of the molecule is [N-]=[N+]=C1CC=CC(=NCl)C1. The monoisotopic (exact) mass is 155 g/mol. The summed E-state index contributed by atoms with van der Waals surface area (Å²) in [5.74, 6) is 0. The Hall–Kier alpha value is -0.920. The van der Waals surface area contributed by atoms with Crippen molar-refractivity contribution in [1.82, 2.24) is 0 Å². The molecule has 0 aromatic rings. The van der Waals surface area contributed by atoms with E-state index in [2.05, 4.69) is 9.30 Å². The zero-order chi connectivity index (χ0) is 7.40. The van der Waals surface area contributed by atoms with Gasteiger partial charge in [-0.15, -0.1) is 0 Å². The summed E-state index contributed by atoms with van der Waals surface area (Å²) in [6.07, 6.45) is 4.92. The summed E-state index contributed by atoms with van der Waals surface area (Å²) in [4.78, 5) is 3.07. The van der Waals surface area contributed by atoms with Crippen LogP contribution < -0.4 is 0 Å². The minimum absolute atomic E-state index is 0.552. The number of hydrogen-bond acceptors (Lipinski definition) is 1. The van der Waals surface area contributed by atoms with Crippen LogP contribution in [0.1, 0.15) is 12.8 Å². The average molecular weight is 156 g/mol. The van der Waals surface area contributed by atoms with Crippen molar-refractivity contribution >= 4 is 23.2 Å². The molecule has 0 fully saturated rings. The van der Waals surface area contributed by atoms with E-state index < -0.39 is 0 Å². The first-order valence-electron chi connectivity index (χ1n) is 2.91. The van der Waals surface area contributed by atoms with Crippen molar-refractivity contribution in [2.45, 2.75) is 12.8 Å². The van der Waals surface area contributed by atoms with Gasteiger partial charge in [-0.1, -0.05) is 6.08 Å². The lowest BCUT2D eigenvalue weighted by Crippen LogP contribution is -2.09. The third-order valence-electron chi connectivity index (χ3n) is 1.30. The predicted molar refractivity (Wildman–Crippen MR) is 40.3 cm³/mol. The van der Waals surface area contributed by atoms with Gasteiger partial charge in [0.25, 0.3) is 5.71 Å². The van der Waals surface area contributed by atoms with Gasteiger partial charge in [-0.05, 0) is 6.08 Å².